The van der Waals surface area contributed by atoms with Gasteiger partial charge < -0.3 is 19.1 Å². The van der Waals surface area contributed by atoms with Gasteiger partial charge in [0.05, 0.1) is 12.1 Å². The van der Waals surface area contributed by atoms with E-state index in [2.05, 4.69) is 0 Å². The Morgan fingerprint density at radius 2 is 2.00 bits per heavy atom. The maximum Gasteiger partial charge on any atom is 0.263 e. The summed E-state index contributed by atoms with van der Waals surface area (Å²) in [6.07, 6.45) is 0.628. The van der Waals surface area contributed by atoms with Crippen LogP contribution in [0.1, 0.15) is 22.5 Å². The molecule has 23 heavy (non-hydrogen) atoms. The standard InChI is InChI=1S/C16H21N3O4/c1-10-4-5-11(15(21)17(10)2)16(22)19-7-6-13-12(8-19)18(3)14(20)9-23-13/h4-5,12-13H,6-9H2,1-3H3/t12-,13+/m0/s1. The van der Waals surface area contributed by atoms with Crippen molar-refractivity contribution in [3.8, 4) is 0 Å². The van der Waals surface area contributed by atoms with Crippen LogP contribution >= 0.6 is 0 Å². The Morgan fingerprint density at radius 3 is 2.74 bits per heavy atom. The van der Waals surface area contributed by atoms with Gasteiger partial charge >= 0.3 is 0 Å². The molecule has 3 rings (SSSR count). The number of hydrogen-bond donors (Lipinski definition) is 0. The quantitative estimate of drug-likeness (QED) is 0.716. The van der Waals surface area contributed by atoms with Gasteiger partial charge in [-0.1, -0.05) is 0 Å². The van der Waals surface area contributed by atoms with E-state index in [1.54, 1.807) is 36.0 Å². The van der Waals surface area contributed by atoms with Crippen LogP contribution in [0.3, 0.4) is 0 Å². The highest BCUT2D eigenvalue weighted by Gasteiger charge is 2.40. The van der Waals surface area contributed by atoms with E-state index in [-0.39, 0.29) is 41.7 Å². The van der Waals surface area contributed by atoms with E-state index in [1.165, 1.54) is 4.57 Å². The molecule has 0 aliphatic carbocycles. The summed E-state index contributed by atoms with van der Waals surface area (Å²) in [5.74, 6) is -0.359. The molecule has 0 aromatic carbocycles. The molecule has 1 aromatic rings. The van der Waals surface area contributed by atoms with Crippen molar-refractivity contribution in [3.63, 3.8) is 0 Å². The lowest BCUT2D eigenvalue weighted by Gasteiger charge is -2.45. The van der Waals surface area contributed by atoms with Crippen molar-refractivity contribution < 1.29 is 14.3 Å². The number of rotatable bonds is 1. The molecule has 0 N–H and O–H groups in total. The molecule has 2 fully saturated rings. The number of ether oxygens (including phenoxy) is 1. The van der Waals surface area contributed by atoms with Crippen molar-refractivity contribution in [1.82, 2.24) is 14.4 Å². The summed E-state index contributed by atoms with van der Waals surface area (Å²) in [7, 11) is 3.39. The van der Waals surface area contributed by atoms with E-state index >= 15 is 0 Å². The number of piperidine rings is 1. The van der Waals surface area contributed by atoms with Crippen molar-refractivity contribution >= 4 is 11.8 Å². The lowest BCUT2D eigenvalue weighted by Crippen LogP contribution is -2.61. The van der Waals surface area contributed by atoms with Crippen LogP contribution in [0.5, 0.6) is 0 Å². The molecule has 0 spiro atoms. The number of carbonyl (C=O) groups is 2. The molecule has 0 unspecified atom stereocenters. The molecule has 2 atom stereocenters. The number of nitrogens with zero attached hydrogens (tertiary/aromatic N) is 3. The summed E-state index contributed by atoms with van der Waals surface area (Å²) in [5, 5.41) is 0. The third-order valence-corrected chi connectivity index (χ3v) is 4.90. The molecule has 3 heterocycles. The van der Waals surface area contributed by atoms with Crippen molar-refractivity contribution in [3.05, 3.63) is 33.7 Å². The predicted molar refractivity (Wildman–Crippen MR) is 83.2 cm³/mol. The van der Waals surface area contributed by atoms with Crippen molar-refractivity contribution in [2.75, 3.05) is 26.7 Å². The van der Waals surface area contributed by atoms with Crippen LogP contribution in [-0.4, -0.2) is 65.1 Å². The fourth-order valence-electron chi connectivity index (χ4n) is 3.19. The number of aromatic nitrogens is 1. The van der Waals surface area contributed by atoms with E-state index in [1.807, 2.05) is 6.92 Å². The topological polar surface area (TPSA) is 71.8 Å². The van der Waals surface area contributed by atoms with Crippen LogP contribution in [0.25, 0.3) is 0 Å². The summed E-state index contributed by atoms with van der Waals surface area (Å²) < 4.78 is 7.03. The number of pyridine rings is 1. The Balaban J connectivity index is 1.83. The van der Waals surface area contributed by atoms with Crippen LogP contribution in [-0.2, 0) is 16.6 Å². The number of aryl methyl sites for hydroxylation is 1. The Kier molecular flexibility index (Phi) is 3.97. The molecular formula is C16H21N3O4. The zero-order valence-electron chi connectivity index (χ0n) is 13.6. The molecule has 0 radical (unpaired) electrons. The maximum absolute atomic E-state index is 12.7. The van der Waals surface area contributed by atoms with Gasteiger partial charge in [0.15, 0.2) is 0 Å². The number of fused-ring (bicyclic) bond motifs is 1. The molecule has 124 valence electrons. The van der Waals surface area contributed by atoms with Crippen LogP contribution < -0.4 is 5.56 Å². The Morgan fingerprint density at radius 1 is 1.26 bits per heavy atom. The molecule has 2 aliphatic rings. The molecular weight excluding hydrogens is 298 g/mol. The minimum absolute atomic E-state index is 0.0393. The van der Waals surface area contributed by atoms with Gasteiger partial charge in [-0.05, 0) is 25.5 Å². The van der Waals surface area contributed by atoms with Crippen LogP contribution in [0.15, 0.2) is 16.9 Å². The first kappa shape index (κ1) is 15.7. The van der Waals surface area contributed by atoms with Gasteiger partial charge in [0, 0.05) is 32.9 Å². The molecule has 7 nitrogen and oxygen atoms in total. The maximum atomic E-state index is 12.7. The molecule has 1 aromatic heterocycles. The molecule has 2 amide bonds. The first-order valence-electron chi connectivity index (χ1n) is 7.73. The molecule has 0 bridgehead atoms. The fourth-order valence-corrected chi connectivity index (χ4v) is 3.19. The second-order valence-electron chi connectivity index (χ2n) is 6.21. The van der Waals surface area contributed by atoms with E-state index in [0.717, 1.165) is 5.69 Å². The van der Waals surface area contributed by atoms with Gasteiger partial charge in [-0.15, -0.1) is 0 Å². The van der Waals surface area contributed by atoms with Crippen molar-refractivity contribution in [2.24, 2.45) is 7.05 Å². The SMILES string of the molecule is Cc1ccc(C(=O)N2CC[C@H]3OCC(=O)N(C)[C@H]3C2)c(=O)n1C. The smallest absolute Gasteiger partial charge is 0.263 e. The number of amides is 2. The molecule has 7 heteroatoms. The average molecular weight is 319 g/mol. The first-order chi connectivity index (χ1) is 10.9. The van der Waals surface area contributed by atoms with E-state index < -0.39 is 0 Å². The average Bonchev–Trinajstić information content (AvgIpc) is 2.55. The van der Waals surface area contributed by atoms with Crippen molar-refractivity contribution in [2.45, 2.75) is 25.5 Å². The highest BCUT2D eigenvalue weighted by molar-refractivity contribution is 5.94. The van der Waals surface area contributed by atoms with Crippen LogP contribution in [0.4, 0.5) is 0 Å². The Hall–Kier alpha value is -2.15. The van der Waals surface area contributed by atoms with E-state index in [0.29, 0.717) is 19.5 Å². The summed E-state index contributed by atoms with van der Waals surface area (Å²) in [5.41, 5.74) is 0.681. The number of carbonyl (C=O) groups excluding carboxylic acids is 2. The number of likely N-dealkylation sites (tertiary alicyclic amines) is 1. The largest absolute Gasteiger partial charge is 0.366 e. The van der Waals surface area contributed by atoms with Crippen LogP contribution in [0, 0.1) is 6.92 Å². The third-order valence-electron chi connectivity index (χ3n) is 4.90. The number of morpholine rings is 1. The normalized spacial score (nSPS) is 24.6. The highest BCUT2D eigenvalue weighted by Crippen LogP contribution is 2.23. The van der Waals surface area contributed by atoms with Gasteiger partial charge in [0.1, 0.15) is 12.2 Å². The number of likely N-dealkylation sites (N-methyl/N-ethyl adjacent to an activating group) is 1. The monoisotopic (exact) mass is 319 g/mol. The summed E-state index contributed by atoms with van der Waals surface area (Å²) in [6.45, 7) is 2.84. The fraction of sp³-hybridized carbons (Fsp3) is 0.562. The van der Waals surface area contributed by atoms with Gasteiger partial charge in [-0.25, -0.2) is 0 Å². The minimum atomic E-state index is -0.290. The molecule has 2 saturated heterocycles. The zero-order valence-corrected chi connectivity index (χ0v) is 13.6. The zero-order chi connectivity index (χ0) is 16.7. The Labute approximate surface area is 134 Å². The number of hydrogen-bond acceptors (Lipinski definition) is 4. The van der Waals surface area contributed by atoms with Gasteiger partial charge in [-0.2, -0.15) is 0 Å². The summed E-state index contributed by atoms with van der Waals surface area (Å²) in [6, 6.07) is 3.20. The second-order valence-corrected chi connectivity index (χ2v) is 6.21. The lowest BCUT2D eigenvalue weighted by atomic mass is 9.98. The Bertz CT molecular complexity index is 712. The van der Waals surface area contributed by atoms with Gasteiger partial charge in [0.2, 0.25) is 5.91 Å². The first-order valence-corrected chi connectivity index (χ1v) is 7.73. The van der Waals surface area contributed by atoms with E-state index in [9.17, 15) is 14.4 Å². The third kappa shape index (κ3) is 2.65. The van der Waals surface area contributed by atoms with E-state index in [4.69, 9.17) is 4.74 Å². The van der Waals surface area contributed by atoms with Crippen LogP contribution in [0.2, 0.25) is 0 Å². The summed E-state index contributed by atoms with van der Waals surface area (Å²) >= 11 is 0. The van der Waals surface area contributed by atoms with Crippen molar-refractivity contribution in [1.29, 1.82) is 0 Å². The van der Waals surface area contributed by atoms with Gasteiger partial charge in [-0.3, -0.25) is 14.4 Å². The molecule has 2 aliphatic heterocycles. The highest BCUT2D eigenvalue weighted by atomic mass is 16.5. The predicted octanol–water partition coefficient (Wildman–Crippen LogP) is -0.235. The lowest BCUT2D eigenvalue weighted by molar-refractivity contribution is -0.159. The van der Waals surface area contributed by atoms with Gasteiger partial charge in [0.25, 0.3) is 11.5 Å². The minimum Gasteiger partial charge on any atom is -0.366 e. The molecule has 0 saturated carbocycles. The second kappa shape index (κ2) is 5.81. The summed E-state index contributed by atoms with van der Waals surface area (Å²) in [4.78, 5) is 40.1.